The second-order valence-electron chi connectivity index (χ2n) is 6.10. The highest BCUT2D eigenvalue weighted by atomic mass is 35.5. The number of thiazole rings is 1. The molecule has 3 nitrogen and oxygen atoms in total. The van der Waals surface area contributed by atoms with Gasteiger partial charge < -0.3 is 10.2 Å². The highest BCUT2D eigenvalue weighted by molar-refractivity contribution is 7.99. The van der Waals surface area contributed by atoms with E-state index < -0.39 is 0 Å². The topological polar surface area (TPSA) is 28.2 Å². The van der Waals surface area contributed by atoms with E-state index in [1.54, 1.807) is 11.3 Å². The summed E-state index contributed by atoms with van der Waals surface area (Å²) in [5.74, 6) is 2.61. The molecule has 0 bridgehead atoms. The Balaban J connectivity index is 1.39. The first-order valence-electron chi connectivity index (χ1n) is 7.93. The molecule has 1 aromatic carbocycles. The van der Waals surface area contributed by atoms with Crippen LogP contribution in [0, 0.1) is 0 Å². The van der Waals surface area contributed by atoms with E-state index in [9.17, 15) is 0 Å². The number of piperidine rings is 1. The summed E-state index contributed by atoms with van der Waals surface area (Å²) in [6, 6.07) is 7.38. The van der Waals surface area contributed by atoms with Crippen LogP contribution in [-0.4, -0.2) is 41.7 Å². The molecule has 2 fully saturated rings. The van der Waals surface area contributed by atoms with Gasteiger partial charge in [-0.1, -0.05) is 22.9 Å². The molecule has 0 saturated carbocycles. The number of nitrogens with zero attached hydrogens (tertiary/aromatic N) is 2. The normalized spacial score (nSPS) is 23.5. The molecule has 2 aromatic rings. The van der Waals surface area contributed by atoms with Crippen molar-refractivity contribution in [2.75, 3.05) is 29.5 Å². The first-order valence-corrected chi connectivity index (χ1v) is 10.3. The van der Waals surface area contributed by atoms with Gasteiger partial charge in [-0.25, -0.2) is 4.98 Å². The zero-order chi connectivity index (χ0) is 14.9. The molecule has 0 spiro atoms. The van der Waals surface area contributed by atoms with Crippen LogP contribution < -0.4 is 10.2 Å². The molecule has 1 aromatic heterocycles. The van der Waals surface area contributed by atoms with Gasteiger partial charge in [-0.15, -0.1) is 0 Å². The van der Waals surface area contributed by atoms with E-state index in [2.05, 4.69) is 22.0 Å². The van der Waals surface area contributed by atoms with Gasteiger partial charge in [-0.2, -0.15) is 11.8 Å². The molecule has 118 valence electrons. The van der Waals surface area contributed by atoms with E-state index in [1.807, 2.05) is 18.2 Å². The molecular formula is C16H20ClN3S2. The molecule has 22 heavy (non-hydrogen) atoms. The van der Waals surface area contributed by atoms with Gasteiger partial charge in [-0.3, -0.25) is 0 Å². The van der Waals surface area contributed by atoms with Crippen molar-refractivity contribution in [3.8, 4) is 0 Å². The maximum Gasteiger partial charge on any atom is 0.186 e. The second-order valence-corrected chi connectivity index (χ2v) is 8.69. The highest BCUT2D eigenvalue weighted by Gasteiger charge is 2.25. The molecule has 6 heteroatoms. The number of thioether (sulfide) groups is 1. The molecule has 4 rings (SSSR count). The van der Waals surface area contributed by atoms with E-state index >= 15 is 0 Å². The summed E-state index contributed by atoms with van der Waals surface area (Å²) in [6.07, 6.45) is 3.78. The molecular weight excluding hydrogens is 334 g/mol. The van der Waals surface area contributed by atoms with Gasteiger partial charge in [0.05, 0.1) is 10.2 Å². The Labute approximate surface area is 144 Å². The van der Waals surface area contributed by atoms with Gasteiger partial charge in [0.25, 0.3) is 0 Å². The summed E-state index contributed by atoms with van der Waals surface area (Å²) in [5, 5.41) is 5.78. The summed E-state index contributed by atoms with van der Waals surface area (Å²) in [5.41, 5.74) is 1.06. The summed E-state index contributed by atoms with van der Waals surface area (Å²) >= 11 is 9.91. The van der Waals surface area contributed by atoms with Crippen LogP contribution in [0.1, 0.15) is 19.3 Å². The third-order valence-corrected chi connectivity index (χ3v) is 6.98. The first kappa shape index (κ1) is 15.1. The lowest BCUT2D eigenvalue weighted by atomic mass is 10.0. The number of nitrogens with one attached hydrogen (secondary N) is 1. The van der Waals surface area contributed by atoms with Gasteiger partial charge >= 0.3 is 0 Å². The molecule has 0 amide bonds. The van der Waals surface area contributed by atoms with Gasteiger partial charge in [-0.05, 0) is 43.2 Å². The number of halogens is 1. The number of benzene rings is 1. The third-order valence-electron chi connectivity index (χ3n) is 4.51. The fraction of sp³-hybridized carbons (Fsp3) is 0.562. The predicted octanol–water partition coefficient (Wildman–Crippen LogP) is 4.01. The molecule has 0 radical (unpaired) electrons. The predicted molar refractivity (Wildman–Crippen MR) is 98.7 cm³/mol. The molecule has 2 saturated heterocycles. The molecule has 1 N–H and O–H groups in total. The SMILES string of the molecule is Clc1ccc2nc(N3CCC(N[C@H]4CCSC4)CC3)sc2c1. The van der Waals surface area contributed by atoms with Gasteiger partial charge in [0.2, 0.25) is 0 Å². The summed E-state index contributed by atoms with van der Waals surface area (Å²) in [6.45, 7) is 2.20. The van der Waals surface area contributed by atoms with E-state index in [4.69, 9.17) is 16.6 Å². The lowest BCUT2D eigenvalue weighted by Crippen LogP contribution is -2.46. The van der Waals surface area contributed by atoms with Gasteiger partial charge in [0.1, 0.15) is 0 Å². The lowest BCUT2D eigenvalue weighted by Gasteiger charge is -2.33. The van der Waals surface area contributed by atoms with E-state index in [0.717, 1.165) is 34.8 Å². The number of hydrogen-bond donors (Lipinski definition) is 1. The number of fused-ring (bicyclic) bond motifs is 1. The maximum absolute atomic E-state index is 6.07. The van der Waals surface area contributed by atoms with E-state index in [1.165, 1.54) is 35.5 Å². The molecule has 0 unspecified atom stereocenters. The number of aromatic nitrogens is 1. The Morgan fingerprint density at radius 2 is 2.05 bits per heavy atom. The van der Waals surface area contributed by atoms with Crippen LogP contribution in [0.2, 0.25) is 5.02 Å². The molecule has 2 aliphatic rings. The van der Waals surface area contributed by atoms with Crippen molar-refractivity contribution < 1.29 is 0 Å². The van der Waals surface area contributed by atoms with Crippen molar-refractivity contribution in [3.63, 3.8) is 0 Å². The van der Waals surface area contributed by atoms with Crippen molar-refractivity contribution in [1.29, 1.82) is 0 Å². The number of anilines is 1. The van der Waals surface area contributed by atoms with E-state index in [0.29, 0.717) is 6.04 Å². The van der Waals surface area contributed by atoms with Crippen molar-refractivity contribution >= 4 is 50.0 Å². The number of hydrogen-bond acceptors (Lipinski definition) is 5. The lowest BCUT2D eigenvalue weighted by molar-refractivity contribution is 0.379. The fourth-order valence-electron chi connectivity index (χ4n) is 3.26. The minimum atomic E-state index is 0.684. The Morgan fingerprint density at radius 1 is 1.18 bits per heavy atom. The zero-order valence-electron chi connectivity index (χ0n) is 12.4. The minimum absolute atomic E-state index is 0.684. The summed E-state index contributed by atoms with van der Waals surface area (Å²) in [4.78, 5) is 7.20. The van der Waals surface area contributed by atoms with Crippen LogP contribution >= 0.6 is 34.7 Å². The van der Waals surface area contributed by atoms with Gasteiger partial charge in [0.15, 0.2) is 5.13 Å². The van der Waals surface area contributed by atoms with Gasteiger partial charge in [0, 0.05) is 35.9 Å². The van der Waals surface area contributed by atoms with Crippen molar-refractivity contribution in [2.45, 2.75) is 31.3 Å². The molecule has 1 atom stereocenters. The smallest absolute Gasteiger partial charge is 0.186 e. The van der Waals surface area contributed by atoms with Crippen molar-refractivity contribution in [1.82, 2.24) is 10.3 Å². The molecule has 0 aliphatic carbocycles. The third kappa shape index (κ3) is 3.23. The van der Waals surface area contributed by atoms with Crippen LogP contribution in [0.5, 0.6) is 0 Å². The first-order chi connectivity index (χ1) is 10.8. The highest BCUT2D eigenvalue weighted by Crippen LogP contribution is 2.32. The Kier molecular flexibility index (Phi) is 4.49. The van der Waals surface area contributed by atoms with Crippen LogP contribution in [0.25, 0.3) is 10.2 Å². The summed E-state index contributed by atoms with van der Waals surface area (Å²) < 4.78 is 1.19. The monoisotopic (exact) mass is 353 g/mol. The Morgan fingerprint density at radius 3 is 2.82 bits per heavy atom. The fourth-order valence-corrected chi connectivity index (χ4v) is 5.72. The van der Waals surface area contributed by atoms with Crippen molar-refractivity contribution in [2.24, 2.45) is 0 Å². The second kappa shape index (κ2) is 6.56. The summed E-state index contributed by atoms with van der Waals surface area (Å²) in [7, 11) is 0. The Hall–Kier alpha value is -0.490. The molecule has 2 aliphatic heterocycles. The van der Waals surface area contributed by atoms with Crippen LogP contribution in [-0.2, 0) is 0 Å². The Bertz CT molecular complexity index is 646. The quantitative estimate of drug-likeness (QED) is 0.902. The standard InChI is InChI=1S/C16H20ClN3S2/c17-11-1-2-14-15(9-11)22-16(19-14)20-6-3-12(4-7-20)18-13-5-8-21-10-13/h1-2,9,12-13,18H,3-8,10H2/t13-/m0/s1. The number of rotatable bonds is 3. The maximum atomic E-state index is 6.07. The largest absolute Gasteiger partial charge is 0.348 e. The van der Waals surface area contributed by atoms with Crippen molar-refractivity contribution in [3.05, 3.63) is 23.2 Å². The molecule has 3 heterocycles. The average Bonchev–Trinajstić information content (AvgIpc) is 3.17. The van der Waals surface area contributed by atoms with Crippen LogP contribution in [0.3, 0.4) is 0 Å². The minimum Gasteiger partial charge on any atom is -0.348 e. The zero-order valence-corrected chi connectivity index (χ0v) is 14.8. The van der Waals surface area contributed by atoms with Crippen LogP contribution in [0.4, 0.5) is 5.13 Å². The van der Waals surface area contributed by atoms with Crippen LogP contribution in [0.15, 0.2) is 18.2 Å². The average molecular weight is 354 g/mol. The van der Waals surface area contributed by atoms with E-state index in [-0.39, 0.29) is 0 Å².